The Balaban J connectivity index is 1.53. The van der Waals surface area contributed by atoms with E-state index in [0.717, 1.165) is 48.9 Å². The lowest BCUT2D eigenvalue weighted by molar-refractivity contribution is -0.142. The van der Waals surface area contributed by atoms with Gasteiger partial charge in [0.25, 0.3) is 10.2 Å². The molecule has 10 heteroatoms. The number of fused-ring (bicyclic) bond motifs is 2. The number of likely N-dealkylation sites (tertiary alicyclic amines) is 1. The van der Waals surface area contributed by atoms with Crippen molar-refractivity contribution in [3.63, 3.8) is 0 Å². The van der Waals surface area contributed by atoms with Gasteiger partial charge in [-0.1, -0.05) is 19.9 Å². The fourth-order valence-electron chi connectivity index (χ4n) is 6.56. The Bertz CT molecular complexity index is 1070. The number of hydrogen-bond donors (Lipinski definition) is 3. The molecule has 4 N–H and O–H groups in total. The summed E-state index contributed by atoms with van der Waals surface area (Å²) >= 11 is 0. The number of nitrogens with two attached hydrogens (primary N) is 1. The first-order valence-corrected chi connectivity index (χ1v) is 14.7. The highest BCUT2D eigenvalue weighted by atomic mass is 32.2. The van der Waals surface area contributed by atoms with Gasteiger partial charge in [-0.3, -0.25) is 9.59 Å². The molecule has 1 aromatic carbocycles. The van der Waals surface area contributed by atoms with Crippen molar-refractivity contribution in [2.75, 3.05) is 31.5 Å². The number of carbonyl (C=O) groups is 2. The van der Waals surface area contributed by atoms with Crippen molar-refractivity contribution in [2.24, 2.45) is 17.0 Å². The molecular weight excluding hydrogens is 478 g/mol. The standard InChI is InChI=1S/C26H41N5O4S/c1-18(2)20-4-7-23(8-5-20)30-13-10-26(11-14-30)24-9-6-22(29-19(3)32)16-21(24)17-31(25(26)33)15-12-28-36(27,34)35/h6,9,16,18,20,23,28H,4-5,7-8,10-15,17H2,1-3H3,(H,29,32)(H2,27,34,35). The van der Waals surface area contributed by atoms with E-state index in [2.05, 4.69) is 28.8 Å². The number of amides is 2. The fraction of sp³-hybridized carbons (Fsp3) is 0.692. The smallest absolute Gasteiger partial charge is 0.274 e. The maximum Gasteiger partial charge on any atom is 0.274 e. The summed E-state index contributed by atoms with van der Waals surface area (Å²) in [5.41, 5.74) is 2.12. The normalized spacial score (nSPS) is 24.7. The van der Waals surface area contributed by atoms with E-state index in [4.69, 9.17) is 5.14 Å². The SMILES string of the molecule is CC(=O)Nc1ccc2c(c1)CN(CCNS(N)(=O)=O)C(=O)C21CCN(C2CCC(C(C)C)CC2)CC1. The van der Waals surface area contributed by atoms with Crippen LogP contribution in [0.2, 0.25) is 0 Å². The summed E-state index contributed by atoms with van der Waals surface area (Å²) in [5.74, 6) is 1.47. The van der Waals surface area contributed by atoms with Crippen LogP contribution in [0.4, 0.5) is 5.69 Å². The van der Waals surface area contributed by atoms with Crippen molar-refractivity contribution in [3.8, 4) is 0 Å². The summed E-state index contributed by atoms with van der Waals surface area (Å²) in [6.07, 6.45) is 6.49. The lowest BCUT2D eigenvalue weighted by Crippen LogP contribution is -2.58. The summed E-state index contributed by atoms with van der Waals surface area (Å²) in [5, 5.41) is 7.93. The van der Waals surface area contributed by atoms with Crippen LogP contribution >= 0.6 is 0 Å². The highest BCUT2D eigenvalue weighted by molar-refractivity contribution is 7.87. The van der Waals surface area contributed by atoms with E-state index < -0.39 is 15.6 Å². The molecule has 1 spiro atoms. The Labute approximate surface area is 215 Å². The molecule has 4 rings (SSSR count). The predicted molar refractivity (Wildman–Crippen MR) is 140 cm³/mol. The molecular formula is C26H41N5O4S. The van der Waals surface area contributed by atoms with Crippen molar-refractivity contribution in [3.05, 3.63) is 29.3 Å². The zero-order valence-electron chi connectivity index (χ0n) is 21.8. The van der Waals surface area contributed by atoms with Gasteiger partial charge in [0.05, 0.1) is 5.41 Å². The zero-order chi connectivity index (χ0) is 26.1. The average molecular weight is 520 g/mol. The van der Waals surface area contributed by atoms with Gasteiger partial charge in [-0.15, -0.1) is 0 Å². The molecule has 36 heavy (non-hydrogen) atoms. The Hall–Kier alpha value is -2.01. The van der Waals surface area contributed by atoms with Gasteiger partial charge in [0, 0.05) is 38.3 Å². The number of rotatable bonds is 7. The number of anilines is 1. The van der Waals surface area contributed by atoms with Gasteiger partial charge >= 0.3 is 0 Å². The molecule has 1 aliphatic carbocycles. The number of benzene rings is 1. The second kappa shape index (κ2) is 10.8. The quantitative estimate of drug-likeness (QED) is 0.510. The minimum absolute atomic E-state index is 0.0571. The van der Waals surface area contributed by atoms with Crippen LogP contribution in [0.25, 0.3) is 0 Å². The van der Waals surface area contributed by atoms with Gasteiger partial charge < -0.3 is 15.1 Å². The first-order chi connectivity index (χ1) is 17.0. The lowest BCUT2D eigenvalue weighted by atomic mass is 9.67. The Morgan fingerprint density at radius 1 is 1.17 bits per heavy atom. The molecule has 2 amide bonds. The van der Waals surface area contributed by atoms with Crippen molar-refractivity contribution in [2.45, 2.75) is 77.3 Å². The highest BCUT2D eigenvalue weighted by Gasteiger charge is 2.49. The number of nitrogens with one attached hydrogen (secondary N) is 2. The van der Waals surface area contributed by atoms with E-state index in [1.807, 2.05) is 18.2 Å². The molecule has 200 valence electrons. The molecule has 0 radical (unpaired) electrons. The van der Waals surface area contributed by atoms with E-state index in [9.17, 15) is 18.0 Å². The monoisotopic (exact) mass is 519 g/mol. The van der Waals surface area contributed by atoms with Crippen LogP contribution in [0.1, 0.15) is 70.4 Å². The molecule has 0 bridgehead atoms. The first-order valence-electron chi connectivity index (χ1n) is 13.2. The van der Waals surface area contributed by atoms with Gasteiger partial charge in [-0.2, -0.15) is 8.42 Å². The molecule has 2 fully saturated rings. The molecule has 9 nitrogen and oxygen atoms in total. The summed E-state index contributed by atoms with van der Waals surface area (Å²) in [6, 6.07) is 6.42. The molecule has 3 aliphatic rings. The maximum atomic E-state index is 13.9. The third-order valence-electron chi connectivity index (χ3n) is 8.54. The van der Waals surface area contributed by atoms with Crippen LogP contribution in [0.3, 0.4) is 0 Å². The summed E-state index contributed by atoms with van der Waals surface area (Å²) in [7, 11) is -3.83. The van der Waals surface area contributed by atoms with Crippen LogP contribution in [0, 0.1) is 11.8 Å². The van der Waals surface area contributed by atoms with E-state index >= 15 is 0 Å². The van der Waals surface area contributed by atoms with E-state index in [1.165, 1.54) is 32.6 Å². The van der Waals surface area contributed by atoms with Crippen molar-refractivity contribution < 1.29 is 18.0 Å². The van der Waals surface area contributed by atoms with Crippen molar-refractivity contribution >= 4 is 27.7 Å². The Kier molecular flexibility index (Phi) is 8.09. The lowest BCUT2D eigenvalue weighted by Gasteiger charge is -2.49. The largest absolute Gasteiger partial charge is 0.336 e. The van der Waals surface area contributed by atoms with E-state index in [-0.39, 0.29) is 24.9 Å². The van der Waals surface area contributed by atoms with Gasteiger partial charge in [0.1, 0.15) is 0 Å². The molecule has 2 aliphatic heterocycles. The molecule has 1 saturated carbocycles. The van der Waals surface area contributed by atoms with Crippen LogP contribution < -0.4 is 15.2 Å². The summed E-state index contributed by atoms with van der Waals surface area (Å²) in [4.78, 5) is 29.9. The van der Waals surface area contributed by atoms with Gasteiger partial charge in [0.2, 0.25) is 11.8 Å². The molecule has 0 unspecified atom stereocenters. The van der Waals surface area contributed by atoms with Crippen LogP contribution in [-0.2, 0) is 31.8 Å². The third-order valence-corrected chi connectivity index (χ3v) is 9.14. The minimum Gasteiger partial charge on any atom is -0.336 e. The van der Waals surface area contributed by atoms with Crippen LogP contribution in [0.5, 0.6) is 0 Å². The molecule has 0 atom stereocenters. The zero-order valence-corrected chi connectivity index (χ0v) is 22.6. The molecule has 1 saturated heterocycles. The predicted octanol–water partition coefficient (Wildman–Crippen LogP) is 2.33. The van der Waals surface area contributed by atoms with Crippen molar-refractivity contribution in [1.82, 2.24) is 14.5 Å². The van der Waals surface area contributed by atoms with E-state index in [1.54, 1.807) is 4.90 Å². The first kappa shape index (κ1) is 27.0. The van der Waals surface area contributed by atoms with Gasteiger partial charge in [-0.05, 0) is 86.7 Å². The second-order valence-electron chi connectivity index (χ2n) is 11.1. The van der Waals surface area contributed by atoms with Gasteiger partial charge in [0.15, 0.2) is 0 Å². The molecule has 0 aromatic heterocycles. The fourth-order valence-corrected chi connectivity index (χ4v) is 6.93. The highest BCUT2D eigenvalue weighted by Crippen LogP contribution is 2.45. The van der Waals surface area contributed by atoms with Crippen LogP contribution in [-0.4, -0.2) is 62.3 Å². The maximum absolute atomic E-state index is 13.9. The van der Waals surface area contributed by atoms with E-state index in [0.29, 0.717) is 18.3 Å². The number of piperidine rings is 1. The minimum atomic E-state index is -3.83. The Morgan fingerprint density at radius 2 is 1.83 bits per heavy atom. The number of carbonyl (C=O) groups excluding carboxylic acids is 2. The average Bonchev–Trinajstić information content (AvgIpc) is 2.81. The summed E-state index contributed by atoms with van der Waals surface area (Å²) < 4.78 is 25.0. The van der Waals surface area contributed by atoms with Crippen LogP contribution in [0.15, 0.2) is 18.2 Å². The second-order valence-corrected chi connectivity index (χ2v) is 12.5. The number of nitrogens with zero attached hydrogens (tertiary/aromatic N) is 2. The van der Waals surface area contributed by atoms with Gasteiger partial charge in [-0.25, -0.2) is 9.86 Å². The summed E-state index contributed by atoms with van der Waals surface area (Å²) in [6.45, 7) is 8.54. The topological polar surface area (TPSA) is 125 Å². The van der Waals surface area contributed by atoms with Crippen molar-refractivity contribution in [1.29, 1.82) is 0 Å². The number of hydrogen-bond acceptors (Lipinski definition) is 5. The molecule has 2 heterocycles. The molecule has 1 aromatic rings. The third kappa shape index (κ3) is 5.93. The Morgan fingerprint density at radius 3 is 2.42 bits per heavy atom.